The Hall–Kier alpha value is -3.20. The van der Waals surface area contributed by atoms with E-state index in [2.05, 4.69) is 15.4 Å². The van der Waals surface area contributed by atoms with Crippen LogP contribution >= 0.6 is 0 Å². The molecule has 2 aromatic rings. The highest BCUT2D eigenvalue weighted by atomic mass is 16.5. The molecule has 0 aliphatic carbocycles. The molecule has 9 nitrogen and oxygen atoms in total. The minimum absolute atomic E-state index is 0.0195. The number of rotatable bonds is 5. The number of likely N-dealkylation sites (tertiary alicyclic amines) is 1. The fourth-order valence-electron chi connectivity index (χ4n) is 4.18. The van der Waals surface area contributed by atoms with Crippen molar-refractivity contribution in [3.8, 4) is 0 Å². The Balaban J connectivity index is 1.18. The number of aryl methyl sites for hydroxylation is 1. The summed E-state index contributed by atoms with van der Waals surface area (Å²) in [5.74, 6) is 0.121. The normalized spacial score (nSPS) is 17.9. The van der Waals surface area contributed by atoms with Crippen LogP contribution in [0.5, 0.6) is 0 Å². The number of aromatic nitrogens is 1. The zero-order valence-electron chi connectivity index (χ0n) is 18.3. The molecule has 0 atom stereocenters. The summed E-state index contributed by atoms with van der Waals surface area (Å²) in [6, 6.07) is 11.1. The predicted octanol–water partition coefficient (Wildman–Crippen LogP) is 1.62. The van der Waals surface area contributed by atoms with Crippen molar-refractivity contribution in [2.45, 2.75) is 19.8 Å². The number of benzene rings is 1. The van der Waals surface area contributed by atoms with E-state index in [1.807, 2.05) is 35.2 Å². The molecule has 1 N–H and O–H groups in total. The van der Waals surface area contributed by atoms with Gasteiger partial charge in [0.05, 0.1) is 12.2 Å². The van der Waals surface area contributed by atoms with Crippen molar-refractivity contribution >= 4 is 23.4 Å². The summed E-state index contributed by atoms with van der Waals surface area (Å²) in [6.45, 7) is 5.68. The molecule has 4 rings (SSSR count). The zero-order valence-corrected chi connectivity index (χ0v) is 18.3. The minimum atomic E-state index is -0.160. The van der Waals surface area contributed by atoms with Gasteiger partial charge in [-0.25, -0.2) is 0 Å². The van der Waals surface area contributed by atoms with Gasteiger partial charge < -0.3 is 19.6 Å². The van der Waals surface area contributed by atoms with Crippen LogP contribution in [0.4, 0.5) is 5.69 Å². The summed E-state index contributed by atoms with van der Waals surface area (Å²) in [6.07, 6.45) is 1.34. The van der Waals surface area contributed by atoms with Crippen molar-refractivity contribution < 1.29 is 18.9 Å². The van der Waals surface area contributed by atoms with Gasteiger partial charge in [-0.2, -0.15) is 0 Å². The largest absolute Gasteiger partial charge is 0.351 e. The molecule has 2 aliphatic rings. The van der Waals surface area contributed by atoms with E-state index in [-0.39, 0.29) is 29.4 Å². The second-order valence-electron chi connectivity index (χ2n) is 8.41. The molecule has 2 fully saturated rings. The summed E-state index contributed by atoms with van der Waals surface area (Å²) in [5.41, 5.74) is 1.48. The van der Waals surface area contributed by atoms with Crippen molar-refractivity contribution in [2.24, 2.45) is 5.92 Å². The fraction of sp³-hybridized carbons (Fsp3) is 0.478. The Labute approximate surface area is 187 Å². The molecule has 1 aromatic carbocycles. The van der Waals surface area contributed by atoms with Crippen molar-refractivity contribution in [2.75, 3.05) is 51.1 Å². The lowest BCUT2D eigenvalue weighted by Crippen LogP contribution is -2.52. The molecule has 32 heavy (non-hydrogen) atoms. The number of carbonyl (C=O) groups is 3. The van der Waals surface area contributed by atoms with E-state index in [4.69, 9.17) is 4.52 Å². The highest BCUT2D eigenvalue weighted by Crippen LogP contribution is 2.20. The molecule has 0 saturated carbocycles. The Bertz CT molecular complexity index is 944. The number of piperazine rings is 1. The van der Waals surface area contributed by atoms with Gasteiger partial charge in [-0.1, -0.05) is 23.4 Å². The Morgan fingerprint density at radius 1 is 1.00 bits per heavy atom. The molecule has 2 saturated heterocycles. The van der Waals surface area contributed by atoms with Crippen LogP contribution in [0.1, 0.15) is 29.1 Å². The van der Waals surface area contributed by atoms with Crippen molar-refractivity contribution in [3.63, 3.8) is 0 Å². The first-order valence-electron chi connectivity index (χ1n) is 11.1. The van der Waals surface area contributed by atoms with E-state index in [1.54, 1.807) is 17.9 Å². The summed E-state index contributed by atoms with van der Waals surface area (Å²) in [5, 5.41) is 6.72. The standard InChI is InChI=1S/C23H29N5O4/c1-17-15-20(32-25-17)23(31)28-13-11-26(12-14-28)16-21(29)27-9-7-18(8-10-27)22(30)24-19-5-3-2-4-6-19/h2-6,15,18H,7-14,16H2,1H3,(H,24,30). The lowest BCUT2D eigenvalue weighted by molar-refractivity contribution is -0.135. The van der Waals surface area contributed by atoms with E-state index in [1.165, 1.54) is 0 Å². The van der Waals surface area contributed by atoms with Crippen LogP contribution in [0.3, 0.4) is 0 Å². The number of hydrogen-bond acceptors (Lipinski definition) is 6. The zero-order chi connectivity index (χ0) is 22.5. The topological polar surface area (TPSA) is 99.0 Å². The number of anilines is 1. The number of piperidine rings is 1. The van der Waals surface area contributed by atoms with Crippen LogP contribution in [-0.4, -0.2) is 83.4 Å². The number of carbonyl (C=O) groups excluding carboxylic acids is 3. The quantitative estimate of drug-likeness (QED) is 0.760. The molecule has 2 aliphatic heterocycles. The van der Waals surface area contributed by atoms with Crippen LogP contribution in [0.2, 0.25) is 0 Å². The lowest BCUT2D eigenvalue weighted by atomic mass is 9.95. The average Bonchev–Trinajstić information content (AvgIpc) is 3.26. The molecular formula is C23H29N5O4. The van der Waals surface area contributed by atoms with Crippen LogP contribution in [0, 0.1) is 12.8 Å². The van der Waals surface area contributed by atoms with Crippen molar-refractivity contribution in [1.29, 1.82) is 0 Å². The summed E-state index contributed by atoms with van der Waals surface area (Å²) in [7, 11) is 0. The molecule has 3 heterocycles. The van der Waals surface area contributed by atoms with E-state index in [0.717, 1.165) is 5.69 Å². The third-order valence-corrected chi connectivity index (χ3v) is 6.12. The van der Waals surface area contributed by atoms with E-state index < -0.39 is 0 Å². The van der Waals surface area contributed by atoms with Crippen LogP contribution < -0.4 is 5.32 Å². The van der Waals surface area contributed by atoms with Crippen LogP contribution in [0.15, 0.2) is 40.9 Å². The molecule has 0 bridgehead atoms. The molecule has 0 radical (unpaired) electrons. The van der Waals surface area contributed by atoms with E-state index in [9.17, 15) is 14.4 Å². The first kappa shape index (κ1) is 22.0. The van der Waals surface area contributed by atoms with Gasteiger partial charge in [0.1, 0.15) is 0 Å². The predicted molar refractivity (Wildman–Crippen MR) is 118 cm³/mol. The van der Waals surface area contributed by atoms with Gasteiger partial charge in [-0.15, -0.1) is 0 Å². The Morgan fingerprint density at radius 2 is 1.69 bits per heavy atom. The maximum Gasteiger partial charge on any atom is 0.292 e. The van der Waals surface area contributed by atoms with Gasteiger partial charge in [0, 0.05) is 56.9 Å². The minimum Gasteiger partial charge on any atom is -0.351 e. The third-order valence-electron chi connectivity index (χ3n) is 6.12. The molecular weight excluding hydrogens is 410 g/mol. The van der Waals surface area contributed by atoms with Crippen molar-refractivity contribution in [3.05, 3.63) is 47.9 Å². The van der Waals surface area contributed by atoms with Crippen LogP contribution in [0.25, 0.3) is 0 Å². The first-order chi connectivity index (χ1) is 15.5. The monoisotopic (exact) mass is 439 g/mol. The van der Waals surface area contributed by atoms with Gasteiger partial charge in [0.25, 0.3) is 5.91 Å². The molecule has 0 spiro atoms. The smallest absolute Gasteiger partial charge is 0.292 e. The van der Waals surface area contributed by atoms with Gasteiger partial charge in [0.15, 0.2) is 0 Å². The number of nitrogens with one attached hydrogen (secondary N) is 1. The second-order valence-corrected chi connectivity index (χ2v) is 8.41. The maximum atomic E-state index is 12.8. The van der Waals surface area contributed by atoms with Gasteiger partial charge in [-0.3, -0.25) is 19.3 Å². The highest BCUT2D eigenvalue weighted by Gasteiger charge is 2.30. The van der Waals surface area contributed by atoms with Crippen molar-refractivity contribution in [1.82, 2.24) is 19.9 Å². The molecule has 9 heteroatoms. The summed E-state index contributed by atoms with van der Waals surface area (Å²) in [4.78, 5) is 43.4. The SMILES string of the molecule is Cc1cc(C(=O)N2CCN(CC(=O)N3CCC(C(=O)Nc4ccccc4)CC3)CC2)on1. The summed E-state index contributed by atoms with van der Waals surface area (Å²) < 4.78 is 5.06. The van der Waals surface area contributed by atoms with Gasteiger partial charge >= 0.3 is 0 Å². The Morgan fingerprint density at radius 3 is 2.31 bits per heavy atom. The molecule has 3 amide bonds. The third kappa shape index (κ3) is 5.34. The number of hydrogen-bond donors (Lipinski definition) is 1. The van der Waals surface area contributed by atoms with Gasteiger partial charge in [-0.05, 0) is 31.9 Å². The Kier molecular flexibility index (Phi) is 6.84. The van der Waals surface area contributed by atoms with Gasteiger partial charge in [0.2, 0.25) is 17.6 Å². The fourth-order valence-corrected chi connectivity index (χ4v) is 4.18. The highest BCUT2D eigenvalue weighted by molar-refractivity contribution is 5.93. The maximum absolute atomic E-state index is 12.8. The van der Waals surface area contributed by atoms with Crippen LogP contribution in [-0.2, 0) is 9.59 Å². The molecule has 170 valence electrons. The summed E-state index contributed by atoms with van der Waals surface area (Å²) >= 11 is 0. The number of amides is 3. The average molecular weight is 440 g/mol. The lowest BCUT2D eigenvalue weighted by Gasteiger charge is -2.36. The molecule has 0 unspecified atom stereocenters. The second kappa shape index (κ2) is 9.95. The van der Waals surface area contributed by atoms with E-state index in [0.29, 0.717) is 64.3 Å². The number of nitrogens with zero attached hydrogens (tertiary/aromatic N) is 4. The first-order valence-corrected chi connectivity index (χ1v) is 11.1. The molecule has 1 aromatic heterocycles. The van der Waals surface area contributed by atoms with E-state index >= 15 is 0 Å². The number of para-hydroxylation sites is 1.